The number of amides is 6. The maximum atomic E-state index is 13.4. The fourth-order valence-corrected chi connectivity index (χ4v) is 6.96. The maximum Gasteiger partial charge on any atom is 0.336 e. The highest BCUT2D eigenvalue weighted by Crippen LogP contribution is 2.42. The Morgan fingerprint density at radius 3 is 2.32 bits per heavy atom. The van der Waals surface area contributed by atoms with Gasteiger partial charge in [0, 0.05) is 79.6 Å². The highest BCUT2D eigenvalue weighted by molar-refractivity contribution is 6.08. The number of carboxylic acids is 1. The molecule has 63 heavy (non-hydrogen) atoms. The number of likely N-dealkylation sites (N-methyl/N-ethyl adjacent to an activating group) is 1. The van der Waals surface area contributed by atoms with Crippen molar-refractivity contribution in [3.63, 3.8) is 0 Å². The number of aromatic amines is 1. The summed E-state index contributed by atoms with van der Waals surface area (Å²) < 4.78 is 5.87. The monoisotopic (exact) mass is 858 g/mol. The van der Waals surface area contributed by atoms with Gasteiger partial charge in [0.25, 0.3) is 0 Å². The zero-order chi connectivity index (χ0) is 44.9. The Kier molecular flexibility index (Phi) is 14.8. The van der Waals surface area contributed by atoms with E-state index < -0.39 is 41.8 Å². The topological polar surface area (TPSA) is 274 Å². The van der Waals surface area contributed by atoms with Crippen molar-refractivity contribution in [3.8, 4) is 28.2 Å². The molecule has 0 bridgehead atoms. The molecule has 3 aromatic carbocycles. The number of aromatic hydroxyl groups is 1. The summed E-state index contributed by atoms with van der Waals surface area (Å²) in [5.74, 6) is -2.64. The Labute approximate surface area is 360 Å². The van der Waals surface area contributed by atoms with Crippen LogP contribution >= 0.6 is 0 Å². The number of carboxylic acid groups (broad SMARTS) is 1. The number of aromatic carboxylic acids is 1. The van der Waals surface area contributed by atoms with Crippen LogP contribution in [0.15, 0.2) is 107 Å². The first kappa shape index (κ1) is 44.5. The number of hydrogen-bond donors (Lipinski definition) is 9. The number of nitrogens with zero attached hydrogens (tertiary/aromatic N) is 1. The van der Waals surface area contributed by atoms with Crippen LogP contribution in [0.1, 0.15) is 47.4 Å². The minimum absolute atomic E-state index is 0.0750. The van der Waals surface area contributed by atoms with Crippen LogP contribution in [0.25, 0.3) is 33.4 Å². The molecule has 0 fully saturated rings. The van der Waals surface area contributed by atoms with E-state index in [9.17, 15) is 43.8 Å². The molecule has 0 saturated carbocycles. The lowest BCUT2D eigenvalue weighted by Crippen LogP contribution is -2.55. The van der Waals surface area contributed by atoms with Crippen molar-refractivity contribution in [2.45, 2.75) is 50.6 Å². The van der Waals surface area contributed by atoms with Crippen molar-refractivity contribution >= 4 is 52.3 Å². The number of phenolic OH excluding ortho intramolecular Hbond substituents is 1. The third-order valence-corrected chi connectivity index (χ3v) is 10.0. The van der Waals surface area contributed by atoms with Gasteiger partial charge in [-0.15, -0.1) is 0 Å². The third-order valence-electron chi connectivity index (χ3n) is 10.0. The van der Waals surface area contributed by atoms with Crippen LogP contribution in [0.3, 0.4) is 0 Å². The van der Waals surface area contributed by atoms with Crippen molar-refractivity contribution in [1.29, 1.82) is 0 Å². The van der Waals surface area contributed by atoms with E-state index >= 15 is 0 Å². The van der Waals surface area contributed by atoms with Crippen molar-refractivity contribution < 1.29 is 43.4 Å². The van der Waals surface area contributed by atoms with Crippen LogP contribution in [-0.2, 0) is 32.0 Å². The third kappa shape index (κ3) is 12.1. The number of nitrogens with one attached hydrogen (secondary N) is 7. The van der Waals surface area contributed by atoms with Gasteiger partial charge in [-0.3, -0.25) is 24.0 Å². The second-order valence-electron chi connectivity index (χ2n) is 14.6. The lowest BCUT2D eigenvalue weighted by Gasteiger charge is -2.22. The predicted octanol–water partition coefficient (Wildman–Crippen LogP) is 3.69. The number of rotatable bonds is 19. The zero-order valence-electron chi connectivity index (χ0n) is 34.2. The molecule has 0 unspecified atom stereocenters. The largest absolute Gasteiger partial charge is 0.508 e. The Morgan fingerprint density at radius 1 is 0.794 bits per heavy atom. The van der Waals surface area contributed by atoms with Crippen LogP contribution < -0.4 is 37.3 Å². The van der Waals surface area contributed by atoms with Gasteiger partial charge in [-0.2, -0.15) is 0 Å². The molecular formula is C45H46N8O10. The molecule has 1 aromatic heterocycles. The quantitative estimate of drug-likeness (QED) is 0.0419. The van der Waals surface area contributed by atoms with Gasteiger partial charge < -0.3 is 51.5 Å². The van der Waals surface area contributed by atoms with Crippen LogP contribution in [0, 0.1) is 0 Å². The molecule has 1 aliphatic carbocycles. The van der Waals surface area contributed by atoms with E-state index in [-0.39, 0.29) is 72.0 Å². The van der Waals surface area contributed by atoms with Gasteiger partial charge in [-0.05, 0) is 60.4 Å². The fourth-order valence-electron chi connectivity index (χ4n) is 6.96. The number of carbonyl (C=O) groups excluding carboxylic acids is 5. The number of benzene rings is 4. The number of urea groups is 1. The van der Waals surface area contributed by atoms with Crippen molar-refractivity contribution in [3.05, 3.63) is 124 Å². The Morgan fingerprint density at radius 2 is 1.57 bits per heavy atom. The van der Waals surface area contributed by atoms with Gasteiger partial charge in [-0.1, -0.05) is 42.8 Å². The molecule has 0 spiro atoms. The molecule has 18 heteroatoms. The smallest absolute Gasteiger partial charge is 0.336 e. The average molecular weight is 859 g/mol. The number of aromatic nitrogens is 2. The molecule has 2 atom stereocenters. The average Bonchev–Trinajstić information content (AvgIpc) is 3.78. The number of unbranched alkanes of at least 4 members (excludes halogenated alkanes) is 2. The van der Waals surface area contributed by atoms with E-state index in [0.29, 0.717) is 47.2 Å². The van der Waals surface area contributed by atoms with Crippen LogP contribution in [0.5, 0.6) is 5.75 Å². The van der Waals surface area contributed by atoms with Gasteiger partial charge in [0.1, 0.15) is 35.0 Å². The summed E-state index contributed by atoms with van der Waals surface area (Å²) in [6.45, 7) is -0.122. The Bertz CT molecular complexity index is 2630. The Balaban J connectivity index is 0.957. The molecule has 6 rings (SSSR count). The number of carbonyl (C=O) groups is 6. The van der Waals surface area contributed by atoms with Gasteiger partial charge >= 0.3 is 12.0 Å². The standard InChI is InChI=1S/C45H46N8O10/c1-46-42(58)35(24-38-47-18-19-48-38)53-43(59)34(20-26-8-4-2-5-9-26)52-40(57)25-50-39(56)10-6-3-7-17-49-45(62)51-27-11-14-30(33(21-27)44(60)61)41-31-15-12-28(54)22-36(31)63-37-23-29(55)13-16-32(37)41/h2,4-5,8-9,11-16,18-19,21-23,34-35,54H,3,6-7,10,17,20,24-25H2,1H3,(H,46,58)(H,47,48)(H,50,56)(H,52,57)(H,53,59)(H,60,61)(H2,49,51,62)/t34-,35-/m0/s1. The molecule has 0 radical (unpaired) electrons. The molecule has 0 saturated heterocycles. The number of H-pyrrole nitrogens is 1. The highest BCUT2D eigenvalue weighted by Gasteiger charge is 2.28. The van der Waals surface area contributed by atoms with E-state index in [1.165, 1.54) is 43.6 Å². The van der Waals surface area contributed by atoms with Gasteiger partial charge in [-0.25, -0.2) is 14.6 Å². The van der Waals surface area contributed by atoms with Crippen molar-refractivity contribution in [2.75, 3.05) is 25.5 Å². The molecule has 9 N–H and O–H groups in total. The summed E-state index contributed by atoms with van der Waals surface area (Å²) in [6, 6.07) is 19.5. The lowest BCUT2D eigenvalue weighted by atomic mass is 9.90. The highest BCUT2D eigenvalue weighted by atomic mass is 16.4. The summed E-state index contributed by atoms with van der Waals surface area (Å²) in [7, 11) is 1.45. The minimum Gasteiger partial charge on any atom is -0.508 e. The molecule has 18 nitrogen and oxygen atoms in total. The SMILES string of the molecule is CNC(=O)[C@H](Cc1ncc[nH]1)NC(=O)[C@H](Cc1ccccc1)NC(=O)CNC(=O)CCCCCNC(=O)Nc1ccc(-c2c3ccc(=O)cc-3oc3cc(O)ccc23)c(C(=O)O)c1. The second kappa shape index (κ2) is 21.0. The number of hydrogen-bond acceptors (Lipinski definition) is 10. The normalized spacial score (nSPS) is 11.9. The minimum atomic E-state index is -1.26. The summed E-state index contributed by atoms with van der Waals surface area (Å²) >= 11 is 0. The van der Waals surface area contributed by atoms with Crippen LogP contribution in [0.4, 0.5) is 10.5 Å². The first-order valence-corrected chi connectivity index (χ1v) is 20.1. The number of imidazole rings is 1. The van der Waals surface area contributed by atoms with E-state index in [4.69, 9.17) is 4.42 Å². The van der Waals surface area contributed by atoms with Crippen LogP contribution in [0.2, 0.25) is 0 Å². The van der Waals surface area contributed by atoms with Gasteiger partial charge in [0.05, 0.1) is 12.1 Å². The molecule has 326 valence electrons. The number of anilines is 1. The summed E-state index contributed by atoms with van der Waals surface area (Å²) in [6.07, 6.45) is 5.02. The second-order valence-corrected chi connectivity index (χ2v) is 14.6. The maximum absolute atomic E-state index is 13.4. The summed E-state index contributed by atoms with van der Waals surface area (Å²) in [5.41, 5.74) is 2.06. The lowest BCUT2D eigenvalue weighted by molar-refractivity contribution is -0.132. The van der Waals surface area contributed by atoms with Gasteiger partial charge in [0.15, 0.2) is 5.43 Å². The van der Waals surface area contributed by atoms with E-state index in [0.717, 1.165) is 5.56 Å². The van der Waals surface area contributed by atoms with Gasteiger partial charge in [0.2, 0.25) is 23.6 Å². The predicted molar refractivity (Wildman–Crippen MR) is 232 cm³/mol. The van der Waals surface area contributed by atoms with Crippen molar-refractivity contribution in [2.24, 2.45) is 0 Å². The molecule has 2 heterocycles. The first-order chi connectivity index (χ1) is 30.4. The van der Waals surface area contributed by atoms with E-state index in [1.54, 1.807) is 54.7 Å². The molecule has 6 amide bonds. The molecule has 2 aliphatic rings. The van der Waals surface area contributed by atoms with E-state index in [2.05, 4.69) is 41.9 Å². The molecular weight excluding hydrogens is 813 g/mol. The van der Waals surface area contributed by atoms with Crippen molar-refractivity contribution in [1.82, 2.24) is 36.6 Å². The zero-order valence-corrected chi connectivity index (χ0v) is 34.2. The summed E-state index contributed by atoms with van der Waals surface area (Å²) in [5, 5.41) is 36.6. The number of phenols is 1. The molecule has 4 aromatic rings. The van der Waals surface area contributed by atoms with E-state index in [1.807, 2.05) is 6.07 Å². The fraction of sp³-hybridized carbons (Fsp3) is 0.244. The Hall–Kier alpha value is -8.02. The van der Waals surface area contributed by atoms with Crippen LogP contribution in [-0.4, -0.2) is 88.0 Å². The molecule has 1 aliphatic heterocycles. The number of fused-ring (bicyclic) bond motifs is 2. The first-order valence-electron chi connectivity index (χ1n) is 20.1. The summed E-state index contributed by atoms with van der Waals surface area (Å²) in [4.78, 5) is 96.0.